The molecule has 5 heteroatoms. The van der Waals surface area contributed by atoms with E-state index < -0.39 is 5.60 Å². The second-order valence-electron chi connectivity index (χ2n) is 6.17. The van der Waals surface area contributed by atoms with Crippen LogP contribution in [-0.2, 0) is 16.1 Å². The van der Waals surface area contributed by atoms with Crippen molar-refractivity contribution in [1.29, 1.82) is 0 Å². The smallest absolute Gasteiger partial charge is 0.328 e. The first kappa shape index (κ1) is 15.2. The summed E-state index contributed by atoms with van der Waals surface area (Å²) in [5, 5.41) is 5.04. The van der Waals surface area contributed by atoms with Crippen molar-refractivity contribution in [1.82, 2.24) is 9.78 Å². The van der Waals surface area contributed by atoms with E-state index in [1.165, 1.54) is 11.6 Å². The summed E-state index contributed by atoms with van der Waals surface area (Å²) in [5.41, 5.74) is 1.65. The zero-order valence-corrected chi connectivity index (χ0v) is 13.1. The maximum atomic E-state index is 11.9. The monoisotopic (exact) mass is 288 g/mol. The number of rotatable bonds is 3. The van der Waals surface area contributed by atoms with Crippen molar-refractivity contribution in [3.63, 3.8) is 0 Å². The highest BCUT2D eigenvalue weighted by atomic mass is 16.6. The predicted molar refractivity (Wildman–Crippen MR) is 80.3 cm³/mol. The van der Waals surface area contributed by atoms with Gasteiger partial charge in [0, 0.05) is 12.3 Å². The fraction of sp³-hybridized carbons (Fsp3) is 0.438. The van der Waals surface area contributed by atoms with Crippen LogP contribution in [-0.4, -0.2) is 27.1 Å². The molecule has 0 N–H and O–H groups in total. The van der Waals surface area contributed by atoms with Gasteiger partial charge in [0.2, 0.25) is 0 Å². The molecule has 2 rings (SSSR count). The molecule has 0 radical (unpaired) electrons. The van der Waals surface area contributed by atoms with Gasteiger partial charge in [-0.15, -0.1) is 0 Å². The second-order valence-corrected chi connectivity index (χ2v) is 6.17. The Morgan fingerprint density at radius 3 is 2.52 bits per heavy atom. The van der Waals surface area contributed by atoms with Crippen LogP contribution in [0, 0.1) is 6.92 Å². The molecule has 0 saturated carbocycles. The third-order valence-corrected chi connectivity index (χ3v) is 2.94. The van der Waals surface area contributed by atoms with E-state index in [2.05, 4.69) is 5.10 Å². The van der Waals surface area contributed by atoms with Crippen LogP contribution in [0.3, 0.4) is 0 Å². The Morgan fingerprint density at radius 2 is 1.95 bits per heavy atom. The van der Waals surface area contributed by atoms with Crippen LogP contribution < -0.4 is 0 Å². The van der Waals surface area contributed by atoms with Crippen molar-refractivity contribution < 1.29 is 14.3 Å². The Kier molecular flexibility index (Phi) is 3.85. The molecule has 1 aromatic heterocycles. The first-order chi connectivity index (χ1) is 9.67. The summed E-state index contributed by atoms with van der Waals surface area (Å²) in [7, 11) is 0. The number of ether oxygens (including phenoxy) is 1. The number of carbonyl (C=O) groups excluding carboxylic acids is 2. The molecule has 0 aliphatic carbocycles. The second kappa shape index (κ2) is 5.31. The molecule has 0 aliphatic rings. The summed E-state index contributed by atoms with van der Waals surface area (Å²) >= 11 is 0. The number of nitrogens with zero attached hydrogens (tertiary/aromatic N) is 2. The molecule has 112 valence electrons. The van der Waals surface area contributed by atoms with Gasteiger partial charge in [-0.25, -0.2) is 0 Å². The highest BCUT2D eigenvalue weighted by Crippen LogP contribution is 2.21. The number of aryl methyl sites for hydroxylation is 1. The summed E-state index contributed by atoms with van der Waals surface area (Å²) in [6.07, 6.45) is 0. The largest absolute Gasteiger partial charge is 0.459 e. The number of aromatic nitrogens is 2. The van der Waals surface area contributed by atoms with Crippen molar-refractivity contribution in [2.45, 2.75) is 46.8 Å². The van der Waals surface area contributed by atoms with Gasteiger partial charge in [0.1, 0.15) is 17.8 Å². The number of fused-ring (bicyclic) bond motifs is 1. The van der Waals surface area contributed by atoms with Crippen molar-refractivity contribution >= 4 is 22.7 Å². The zero-order valence-electron chi connectivity index (χ0n) is 13.1. The first-order valence-corrected chi connectivity index (χ1v) is 6.87. The van der Waals surface area contributed by atoms with Crippen LogP contribution in [0.25, 0.3) is 10.9 Å². The molecule has 1 aromatic carbocycles. The molecule has 0 aliphatic heterocycles. The Balaban J connectivity index is 2.41. The van der Waals surface area contributed by atoms with Crippen molar-refractivity contribution in [3.05, 3.63) is 29.5 Å². The molecule has 0 bridgehead atoms. The Labute approximate surface area is 123 Å². The van der Waals surface area contributed by atoms with E-state index >= 15 is 0 Å². The van der Waals surface area contributed by atoms with E-state index in [0.29, 0.717) is 5.69 Å². The highest BCUT2D eigenvalue weighted by Gasteiger charge is 2.20. The van der Waals surface area contributed by atoms with Gasteiger partial charge in [-0.05, 0) is 39.8 Å². The number of benzene rings is 1. The van der Waals surface area contributed by atoms with Gasteiger partial charge >= 0.3 is 5.97 Å². The van der Waals surface area contributed by atoms with E-state index in [0.717, 1.165) is 16.5 Å². The minimum Gasteiger partial charge on any atom is -0.459 e. The van der Waals surface area contributed by atoms with Crippen molar-refractivity contribution in [2.24, 2.45) is 0 Å². The van der Waals surface area contributed by atoms with E-state index in [1.54, 1.807) is 0 Å². The topological polar surface area (TPSA) is 61.2 Å². The summed E-state index contributed by atoms with van der Waals surface area (Å²) in [5.74, 6) is -0.490. The minimum atomic E-state index is -0.542. The molecular formula is C16H20N2O3. The fourth-order valence-electron chi connectivity index (χ4n) is 2.17. The van der Waals surface area contributed by atoms with Gasteiger partial charge in [0.15, 0.2) is 5.78 Å². The Hall–Kier alpha value is -2.17. The Bertz CT molecular complexity index is 708. The number of esters is 1. The van der Waals surface area contributed by atoms with E-state index in [1.807, 2.05) is 45.9 Å². The molecule has 0 atom stereocenters. The number of Topliss-reactive ketones (excluding diaryl/α,β-unsaturated/α-hetero) is 1. The molecule has 0 saturated heterocycles. The number of ketones is 1. The summed E-state index contributed by atoms with van der Waals surface area (Å²) in [6, 6.07) is 5.71. The van der Waals surface area contributed by atoms with Crippen LogP contribution in [0.2, 0.25) is 0 Å². The summed E-state index contributed by atoms with van der Waals surface area (Å²) in [4.78, 5) is 23.7. The molecule has 5 nitrogen and oxygen atoms in total. The molecule has 2 aromatic rings. The first-order valence-electron chi connectivity index (χ1n) is 6.87. The molecule has 0 unspecified atom stereocenters. The van der Waals surface area contributed by atoms with Crippen molar-refractivity contribution in [3.8, 4) is 0 Å². The normalized spacial score (nSPS) is 11.7. The molecule has 0 amide bonds. The van der Waals surface area contributed by atoms with Crippen molar-refractivity contribution in [2.75, 3.05) is 0 Å². The minimum absolute atomic E-state index is 0.00981. The van der Waals surface area contributed by atoms with E-state index in [-0.39, 0.29) is 18.3 Å². The average molecular weight is 288 g/mol. The lowest BCUT2D eigenvalue weighted by atomic mass is 10.1. The lowest BCUT2D eigenvalue weighted by molar-refractivity contribution is -0.155. The average Bonchev–Trinajstić information content (AvgIpc) is 2.64. The maximum Gasteiger partial charge on any atom is 0.328 e. The van der Waals surface area contributed by atoms with E-state index in [9.17, 15) is 9.59 Å². The maximum absolute atomic E-state index is 11.9. The SMILES string of the molecule is CC(=O)c1nn(CC(=O)OC(C)(C)C)c2ccc(C)cc12. The van der Waals surface area contributed by atoms with Gasteiger partial charge in [0.25, 0.3) is 0 Å². The Morgan fingerprint density at radius 1 is 1.29 bits per heavy atom. The predicted octanol–water partition coefficient (Wildman–Crippen LogP) is 2.89. The molecular weight excluding hydrogens is 268 g/mol. The van der Waals surface area contributed by atoms with Gasteiger partial charge in [-0.2, -0.15) is 5.10 Å². The van der Waals surface area contributed by atoms with Crippen LogP contribution >= 0.6 is 0 Å². The molecule has 0 fully saturated rings. The highest BCUT2D eigenvalue weighted by molar-refractivity contribution is 6.05. The third kappa shape index (κ3) is 3.48. The zero-order chi connectivity index (χ0) is 15.8. The summed E-state index contributed by atoms with van der Waals surface area (Å²) < 4.78 is 6.83. The molecule has 1 heterocycles. The van der Waals surface area contributed by atoms with Gasteiger partial charge < -0.3 is 4.74 Å². The van der Waals surface area contributed by atoms with Gasteiger partial charge in [-0.3, -0.25) is 14.3 Å². The number of hydrogen-bond acceptors (Lipinski definition) is 4. The fourth-order valence-corrected chi connectivity index (χ4v) is 2.17. The third-order valence-electron chi connectivity index (χ3n) is 2.94. The van der Waals surface area contributed by atoms with Crippen LogP contribution in [0.5, 0.6) is 0 Å². The van der Waals surface area contributed by atoms with E-state index in [4.69, 9.17) is 4.74 Å². The number of hydrogen-bond donors (Lipinski definition) is 0. The quantitative estimate of drug-likeness (QED) is 0.643. The van der Waals surface area contributed by atoms with Crippen LogP contribution in [0.1, 0.15) is 43.7 Å². The molecule has 0 spiro atoms. The number of carbonyl (C=O) groups is 2. The van der Waals surface area contributed by atoms with Gasteiger partial charge in [-0.1, -0.05) is 11.6 Å². The lowest BCUT2D eigenvalue weighted by Crippen LogP contribution is -2.26. The lowest BCUT2D eigenvalue weighted by Gasteiger charge is -2.19. The molecule has 21 heavy (non-hydrogen) atoms. The van der Waals surface area contributed by atoms with Gasteiger partial charge in [0.05, 0.1) is 5.52 Å². The van der Waals surface area contributed by atoms with Crippen LogP contribution in [0.4, 0.5) is 0 Å². The summed E-state index contributed by atoms with van der Waals surface area (Å²) in [6.45, 7) is 8.87. The van der Waals surface area contributed by atoms with Crippen LogP contribution in [0.15, 0.2) is 18.2 Å². The standard InChI is InChI=1S/C16H20N2O3/c1-10-6-7-13-12(8-10)15(11(2)19)17-18(13)9-14(20)21-16(3,4)5/h6-8H,9H2,1-5H3.